The highest BCUT2D eigenvalue weighted by atomic mass is 35.5. The van der Waals surface area contributed by atoms with Crippen LogP contribution in [0.4, 0.5) is 0 Å². The van der Waals surface area contributed by atoms with Gasteiger partial charge in [0.15, 0.2) is 18.1 Å². The number of halogens is 2. The van der Waals surface area contributed by atoms with Crippen molar-refractivity contribution in [3.05, 3.63) is 87.4 Å². The van der Waals surface area contributed by atoms with Gasteiger partial charge in [-0.2, -0.15) is 5.10 Å². The molecule has 8 heteroatoms. The Morgan fingerprint density at radius 1 is 0.938 bits per heavy atom. The summed E-state index contributed by atoms with van der Waals surface area (Å²) in [6.45, 7) is 2.07. The third kappa shape index (κ3) is 6.90. The molecule has 0 atom stereocenters. The van der Waals surface area contributed by atoms with Gasteiger partial charge in [0.1, 0.15) is 12.4 Å². The average molecular weight is 473 g/mol. The number of aryl methyl sites for hydroxylation is 1. The van der Waals surface area contributed by atoms with E-state index in [1.807, 2.05) is 37.3 Å². The van der Waals surface area contributed by atoms with Crippen LogP contribution >= 0.6 is 23.2 Å². The number of carbonyl (C=O) groups is 1. The summed E-state index contributed by atoms with van der Waals surface area (Å²) in [4.78, 5) is 12.0. The molecule has 0 saturated carbocycles. The van der Waals surface area contributed by atoms with Crippen LogP contribution in [0, 0.1) is 6.92 Å². The van der Waals surface area contributed by atoms with Crippen molar-refractivity contribution in [3.8, 4) is 17.2 Å². The number of rotatable bonds is 9. The van der Waals surface area contributed by atoms with Crippen LogP contribution in [0.15, 0.2) is 65.8 Å². The molecule has 0 bridgehead atoms. The van der Waals surface area contributed by atoms with Gasteiger partial charge in [0.25, 0.3) is 5.91 Å². The molecule has 3 aromatic carbocycles. The Balaban J connectivity index is 1.52. The van der Waals surface area contributed by atoms with Gasteiger partial charge in [0.05, 0.1) is 13.3 Å². The molecule has 0 aliphatic rings. The number of amides is 1. The molecule has 32 heavy (non-hydrogen) atoms. The van der Waals surface area contributed by atoms with Crippen molar-refractivity contribution in [2.75, 3.05) is 13.7 Å². The summed E-state index contributed by atoms with van der Waals surface area (Å²) < 4.78 is 16.7. The third-order valence-corrected chi connectivity index (χ3v) is 4.88. The molecule has 0 radical (unpaired) electrons. The van der Waals surface area contributed by atoms with E-state index in [4.69, 9.17) is 37.4 Å². The van der Waals surface area contributed by atoms with E-state index in [2.05, 4.69) is 10.5 Å². The number of hydrogen-bond acceptors (Lipinski definition) is 5. The molecule has 0 spiro atoms. The Labute approximate surface area is 196 Å². The molecule has 0 aliphatic heterocycles. The van der Waals surface area contributed by atoms with E-state index < -0.39 is 0 Å². The van der Waals surface area contributed by atoms with Crippen LogP contribution < -0.4 is 19.6 Å². The van der Waals surface area contributed by atoms with Gasteiger partial charge in [-0.05, 0) is 72.1 Å². The van der Waals surface area contributed by atoms with Gasteiger partial charge in [-0.25, -0.2) is 5.43 Å². The number of nitrogens with zero attached hydrogens (tertiary/aromatic N) is 1. The van der Waals surface area contributed by atoms with E-state index >= 15 is 0 Å². The van der Waals surface area contributed by atoms with Crippen LogP contribution in [-0.2, 0) is 11.4 Å². The Bertz CT molecular complexity index is 1100. The Morgan fingerprint density at radius 2 is 1.66 bits per heavy atom. The van der Waals surface area contributed by atoms with Gasteiger partial charge in [-0.3, -0.25) is 4.79 Å². The monoisotopic (exact) mass is 472 g/mol. The van der Waals surface area contributed by atoms with Crippen molar-refractivity contribution < 1.29 is 19.0 Å². The zero-order valence-corrected chi connectivity index (χ0v) is 19.1. The second kappa shape index (κ2) is 11.4. The van der Waals surface area contributed by atoms with Crippen molar-refractivity contribution in [2.24, 2.45) is 5.10 Å². The quantitative estimate of drug-likeness (QED) is 0.333. The molecule has 3 aromatic rings. The van der Waals surface area contributed by atoms with Crippen molar-refractivity contribution >= 4 is 35.3 Å². The molecule has 0 unspecified atom stereocenters. The van der Waals surface area contributed by atoms with E-state index in [1.165, 1.54) is 6.21 Å². The zero-order chi connectivity index (χ0) is 22.9. The lowest BCUT2D eigenvalue weighted by molar-refractivity contribution is -0.123. The van der Waals surface area contributed by atoms with Crippen molar-refractivity contribution in [3.63, 3.8) is 0 Å². The Hall–Kier alpha value is -3.22. The minimum Gasteiger partial charge on any atom is -0.493 e. The molecular formula is C24H22Cl2N2O4. The fourth-order valence-corrected chi connectivity index (χ4v) is 3.11. The van der Waals surface area contributed by atoms with Gasteiger partial charge in [-0.1, -0.05) is 35.3 Å². The van der Waals surface area contributed by atoms with Gasteiger partial charge in [0.2, 0.25) is 0 Å². The molecule has 0 saturated heterocycles. The molecule has 0 heterocycles. The van der Waals surface area contributed by atoms with E-state index in [1.54, 1.807) is 37.4 Å². The molecular weight excluding hydrogens is 451 g/mol. The number of benzene rings is 3. The van der Waals surface area contributed by atoms with E-state index in [9.17, 15) is 4.79 Å². The van der Waals surface area contributed by atoms with Crippen LogP contribution in [0.5, 0.6) is 17.2 Å². The van der Waals surface area contributed by atoms with Crippen LogP contribution in [0.3, 0.4) is 0 Å². The fourth-order valence-electron chi connectivity index (χ4n) is 2.75. The average Bonchev–Trinajstić information content (AvgIpc) is 2.78. The van der Waals surface area contributed by atoms with E-state index in [-0.39, 0.29) is 12.5 Å². The summed E-state index contributed by atoms with van der Waals surface area (Å²) in [5.41, 5.74) is 5.00. The maximum atomic E-state index is 12.0. The summed E-state index contributed by atoms with van der Waals surface area (Å²) in [5.74, 6) is 1.35. The summed E-state index contributed by atoms with van der Waals surface area (Å²) in [5, 5.41) is 5.25. The highest BCUT2D eigenvalue weighted by molar-refractivity contribution is 6.30. The van der Waals surface area contributed by atoms with E-state index in [0.29, 0.717) is 33.9 Å². The van der Waals surface area contributed by atoms with Gasteiger partial charge < -0.3 is 14.2 Å². The van der Waals surface area contributed by atoms with Crippen molar-refractivity contribution in [2.45, 2.75) is 13.5 Å². The first kappa shape index (κ1) is 23.4. The number of hydrogen-bond donors (Lipinski definition) is 1. The second-order valence-corrected chi connectivity index (χ2v) is 7.69. The SMILES string of the molecule is COc1cc(C=NNC(=O)COc2ccc(Cl)cc2C)ccc1OCc1ccc(Cl)cc1. The molecule has 3 rings (SSSR count). The summed E-state index contributed by atoms with van der Waals surface area (Å²) in [6, 6.07) is 18.0. The predicted octanol–water partition coefficient (Wildman–Crippen LogP) is 5.42. The molecule has 0 fully saturated rings. The highest BCUT2D eigenvalue weighted by Gasteiger charge is 2.07. The lowest BCUT2D eigenvalue weighted by Gasteiger charge is -2.11. The highest BCUT2D eigenvalue weighted by Crippen LogP contribution is 2.28. The third-order valence-electron chi connectivity index (χ3n) is 4.39. The molecule has 6 nitrogen and oxygen atoms in total. The summed E-state index contributed by atoms with van der Waals surface area (Å²) in [7, 11) is 1.56. The van der Waals surface area contributed by atoms with Gasteiger partial charge >= 0.3 is 0 Å². The Morgan fingerprint density at radius 3 is 2.38 bits per heavy atom. The smallest absolute Gasteiger partial charge is 0.277 e. The lowest BCUT2D eigenvalue weighted by atomic mass is 10.2. The fraction of sp³-hybridized carbons (Fsp3) is 0.167. The first-order valence-electron chi connectivity index (χ1n) is 9.71. The maximum absolute atomic E-state index is 12.0. The van der Waals surface area contributed by atoms with Crippen molar-refractivity contribution in [1.82, 2.24) is 5.43 Å². The second-order valence-electron chi connectivity index (χ2n) is 6.82. The van der Waals surface area contributed by atoms with Crippen LogP contribution in [0.2, 0.25) is 10.0 Å². The molecule has 1 amide bonds. The lowest BCUT2D eigenvalue weighted by Crippen LogP contribution is -2.24. The van der Waals surface area contributed by atoms with Gasteiger partial charge in [0, 0.05) is 10.0 Å². The largest absolute Gasteiger partial charge is 0.493 e. The minimum atomic E-state index is -0.384. The first-order chi connectivity index (χ1) is 15.4. The normalized spacial score (nSPS) is 10.8. The summed E-state index contributed by atoms with van der Waals surface area (Å²) >= 11 is 11.8. The minimum absolute atomic E-state index is 0.166. The van der Waals surface area contributed by atoms with Crippen molar-refractivity contribution in [1.29, 1.82) is 0 Å². The van der Waals surface area contributed by atoms with Crippen LogP contribution in [-0.4, -0.2) is 25.8 Å². The number of nitrogens with one attached hydrogen (secondary N) is 1. The number of carbonyl (C=O) groups excluding carboxylic acids is 1. The van der Waals surface area contributed by atoms with Gasteiger partial charge in [-0.15, -0.1) is 0 Å². The van der Waals surface area contributed by atoms with Crippen LogP contribution in [0.1, 0.15) is 16.7 Å². The number of methoxy groups -OCH3 is 1. The molecule has 1 N–H and O–H groups in total. The predicted molar refractivity (Wildman–Crippen MR) is 126 cm³/mol. The zero-order valence-electron chi connectivity index (χ0n) is 17.6. The van der Waals surface area contributed by atoms with E-state index in [0.717, 1.165) is 16.7 Å². The molecule has 0 aromatic heterocycles. The molecule has 166 valence electrons. The standard InChI is InChI=1S/C24H22Cl2N2O4/c1-16-11-20(26)8-10-21(16)32-15-24(29)28-27-13-18-5-9-22(23(12-18)30-2)31-14-17-3-6-19(25)7-4-17/h3-13H,14-15H2,1-2H3,(H,28,29). The molecule has 0 aliphatic carbocycles. The summed E-state index contributed by atoms with van der Waals surface area (Å²) in [6.07, 6.45) is 1.51. The number of ether oxygens (including phenoxy) is 3. The maximum Gasteiger partial charge on any atom is 0.277 e. The topological polar surface area (TPSA) is 69.2 Å². The van der Waals surface area contributed by atoms with Crippen LogP contribution in [0.25, 0.3) is 0 Å². The number of hydrazone groups is 1. The first-order valence-corrected chi connectivity index (χ1v) is 10.5. The Kier molecular flexibility index (Phi) is 8.36.